The molecule has 15 heavy (non-hydrogen) atoms. The van der Waals surface area contributed by atoms with Crippen molar-refractivity contribution in [3.05, 3.63) is 11.2 Å². The molecule has 0 saturated carbocycles. The van der Waals surface area contributed by atoms with Crippen molar-refractivity contribution in [2.45, 2.75) is 0 Å². The van der Waals surface area contributed by atoms with Crippen LogP contribution in [0.15, 0.2) is 6.20 Å². The number of rotatable bonds is 3. The Kier molecular flexibility index (Phi) is 3.68. The summed E-state index contributed by atoms with van der Waals surface area (Å²) in [7, 11) is 3.33. The summed E-state index contributed by atoms with van der Waals surface area (Å²) in [6.45, 7) is 0.114. The van der Waals surface area contributed by atoms with E-state index in [-0.39, 0.29) is 18.4 Å². The molecule has 1 aromatic rings. The number of nitrogen functional groups attached to an aromatic ring is 1. The van der Waals surface area contributed by atoms with Gasteiger partial charge in [0.15, 0.2) is 5.82 Å². The quantitative estimate of drug-likeness (QED) is 0.774. The Hall–Kier alpha value is -1.56. The third kappa shape index (κ3) is 3.25. The summed E-state index contributed by atoms with van der Waals surface area (Å²) in [6, 6.07) is 0. The zero-order chi connectivity index (χ0) is 11.4. The van der Waals surface area contributed by atoms with Crippen LogP contribution in [-0.2, 0) is 4.79 Å². The van der Waals surface area contributed by atoms with Crippen LogP contribution >= 0.6 is 11.6 Å². The van der Waals surface area contributed by atoms with Crippen molar-refractivity contribution in [3.8, 4) is 0 Å². The molecule has 0 aliphatic heterocycles. The normalized spacial score (nSPS) is 9.80. The third-order valence-electron chi connectivity index (χ3n) is 1.67. The van der Waals surface area contributed by atoms with Gasteiger partial charge in [0.1, 0.15) is 5.02 Å². The molecular weight excluding hydrogens is 218 g/mol. The Morgan fingerprint density at radius 1 is 1.67 bits per heavy atom. The van der Waals surface area contributed by atoms with E-state index in [4.69, 9.17) is 17.3 Å². The minimum Gasteiger partial charge on any atom is -0.368 e. The van der Waals surface area contributed by atoms with Gasteiger partial charge >= 0.3 is 0 Å². The lowest BCUT2D eigenvalue weighted by Gasteiger charge is -2.11. The van der Waals surface area contributed by atoms with Crippen LogP contribution in [-0.4, -0.2) is 41.4 Å². The van der Waals surface area contributed by atoms with E-state index in [1.165, 1.54) is 11.1 Å². The minimum absolute atomic E-state index is 0.0803. The second-order valence-electron chi connectivity index (χ2n) is 3.07. The van der Waals surface area contributed by atoms with E-state index >= 15 is 0 Å². The molecule has 0 atom stereocenters. The van der Waals surface area contributed by atoms with Crippen LogP contribution in [0, 0.1) is 0 Å². The molecule has 0 spiro atoms. The lowest BCUT2D eigenvalue weighted by atomic mass is 10.5. The molecule has 0 bridgehead atoms. The first kappa shape index (κ1) is 11.5. The first-order chi connectivity index (χ1) is 7.00. The number of halogens is 1. The molecule has 1 amide bonds. The fourth-order valence-electron chi connectivity index (χ4n) is 0.822. The number of nitrogens with two attached hydrogens (primary N) is 1. The topological polar surface area (TPSA) is 84.1 Å². The monoisotopic (exact) mass is 229 g/mol. The molecule has 0 saturated heterocycles. The van der Waals surface area contributed by atoms with Crippen molar-refractivity contribution in [1.29, 1.82) is 0 Å². The van der Waals surface area contributed by atoms with Crippen molar-refractivity contribution < 1.29 is 4.79 Å². The molecule has 0 radical (unpaired) electrons. The molecule has 0 aliphatic rings. The summed E-state index contributed by atoms with van der Waals surface area (Å²) in [6.07, 6.45) is 1.38. The second-order valence-corrected chi connectivity index (χ2v) is 3.47. The first-order valence-corrected chi connectivity index (χ1v) is 4.60. The summed E-state index contributed by atoms with van der Waals surface area (Å²) >= 11 is 5.79. The fraction of sp³-hybridized carbons (Fsp3) is 0.375. The van der Waals surface area contributed by atoms with Crippen molar-refractivity contribution >= 4 is 29.3 Å². The summed E-state index contributed by atoms with van der Waals surface area (Å²) in [4.78, 5) is 20.3. The summed E-state index contributed by atoms with van der Waals surface area (Å²) < 4.78 is 0. The minimum atomic E-state index is -0.0803. The number of nitrogens with zero attached hydrogens (tertiary/aromatic N) is 3. The van der Waals surface area contributed by atoms with E-state index in [9.17, 15) is 4.79 Å². The molecule has 0 unspecified atom stereocenters. The average Bonchev–Trinajstić information content (AvgIpc) is 2.18. The highest BCUT2D eigenvalue weighted by molar-refractivity contribution is 6.32. The SMILES string of the molecule is CN(C)C(=O)CNc1nc(N)ncc1Cl. The summed E-state index contributed by atoms with van der Waals surface area (Å²) in [5.74, 6) is 0.391. The van der Waals surface area contributed by atoms with E-state index in [0.29, 0.717) is 10.8 Å². The van der Waals surface area contributed by atoms with Gasteiger partial charge in [0.25, 0.3) is 0 Å². The Morgan fingerprint density at radius 2 is 2.33 bits per heavy atom. The largest absolute Gasteiger partial charge is 0.368 e. The maximum atomic E-state index is 11.3. The molecule has 1 rings (SSSR count). The van der Waals surface area contributed by atoms with Crippen LogP contribution in [0.4, 0.5) is 11.8 Å². The highest BCUT2D eigenvalue weighted by Gasteiger charge is 2.07. The molecule has 0 aromatic carbocycles. The van der Waals surface area contributed by atoms with Gasteiger partial charge in [-0.3, -0.25) is 4.79 Å². The molecule has 0 aliphatic carbocycles. The standard InChI is InChI=1S/C8H12ClN5O/c1-14(2)6(15)4-11-7-5(9)3-12-8(10)13-7/h3H,4H2,1-2H3,(H3,10,11,12,13). The predicted octanol–water partition coefficient (Wildman–Crippen LogP) is 0.212. The van der Waals surface area contributed by atoms with Gasteiger partial charge in [0.2, 0.25) is 11.9 Å². The van der Waals surface area contributed by atoms with E-state index in [0.717, 1.165) is 0 Å². The smallest absolute Gasteiger partial charge is 0.241 e. The predicted molar refractivity (Wildman–Crippen MR) is 58.6 cm³/mol. The van der Waals surface area contributed by atoms with Gasteiger partial charge in [-0.05, 0) is 0 Å². The maximum Gasteiger partial charge on any atom is 0.241 e. The molecular formula is C8H12ClN5O. The van der Waals surface area contributed by atoms with E-state index in [1.807, 2.05) is 0 Å². The van der Waals surface area contributed by atoms with E-state index in [2.05, 4.69) is 15.3 Å². The molecule has 0 fully saturated rings. The molecule has 1 heterocycles. The van der Waals surface area contributed by atoms with E-state index in [1.54, 1.807) is 14.1 Å². The van der Waals surface area contributed by atoms with Crippen LogP contribution in [0.25, 0.3) is 0 Å². The number of aromatic nitrogens is 2. The van der Waals surface area contributed by atoms with Gasteiger partial charge in [0.05, 0.1) is 12.7 Å². The highest BCUT2D eigenvalue weighted by Crippen LogP contribution is 2.17. The van der Waals surface area contributed by atoms with Gasteiger partial charge in [-0.25, -0.2) is 4.98 Å². The summed E-state index contributed by atoms with van der Waals surface area (Å²) in [5.41, 5.74) is 5.38. The van der Waals surface area contributed by atoms with Crippen LogP contribution in [0.2, 0.25) is 5.02 Å². The van der Waals surface area contributed by atoms with Crippen LogP contribution in [0.1, 0.15) is 0 Å². The van der Waals surface area contributed by atoms with Gasteiger partial charge in [-0.2, -0.15) is 4.98 Å². The Bertz CT molecular complexity index is 368. The Labute approximate surface area is 92.4 Å². The second kappa shape index (κ2) is 4.79. The summed E-state index contributed by atoms with van der Waals surface area (Å²) in [5, 5.41) is 3.11. The number of carbonyl (C=O) groups excluding carboxylic acids is 1. The molecule has 1 aromatic heterocycles. The number of anilines is 2. The number of likely N-dealkylation sites (N-methyl/N-ethyl adjacent to an activating group) is 1. The molecule has 3 N–H and O–H groups in total. The first-order valence-electron chi connectivity index (χ1n) is 4.22. The van der Waals surface area contributed by atoms with Gasteiger partial charge in [-0.1, -0.05) is 11.6 Å². The fourth-order valence-corrected chi connectivity index (χ4v) is 0.980. The van der Waals surface area contributed by atoms with Gasteiger partial charge in [0, 0.05) is 14.1 Å². The highest BCUT2D eigenvalue weighted by atomic mass is 35.5. The van der Waals surface area contributed by atoms with Gasteiger partial charge < -0.3 is 16.0 Å². The number of nitrogens with one attached hydrogen (secondary N) is 1. The Morgan fingerprint density at radius 3 is 2.93 bits per heavy atom. The Balaban J connectivity index is 2.65. The number of amides is 1. The molecule has 6 nitrogen and oxygen atoms in total. The lowest BCUT2D eigenvalue weighted by molar-refractivity contribution is -0.126. The third-order valence-corrected chi connectivity index (χ3v) is 1.95. The lowest BCUT2D eigenvalue weighted by Crippen LogP contribution is -2.29. The van der Waals surface area contributed by atoms with Crippen LogP contribution in [0.5, 0.6) is 0 Å². The number of carbonyl (C=O) groups is 1. The average molecular weight is 230 g/mol. The van der Waals surface area contributed by atoms with Crippen molar-refractivity contribution in [3.63, 3.8) is 0 Å². The zero-order valence-electron chi connectivity index (χ0n) is 8.49. The van der Waals surface area contributed by atoms with Gasteiger partial charge in [-0.15, -0.1) is 0 Å². The maximum absolute atomic E-state index is 11.3. The number of hydrogen-bond donors (Lipinski definition) is 2. The van der Waals surface area contributed by atoms with E-state index < -0.39 is 0 Å². The van der Waals surface area contributed by atoms with Crippen LogP contribution < -0.4 is 11.1 Å². The molecule has 7 heteroatoms. The number of hydrogen-bond acceptors (Lipinski definition) is 5. The van der Waals surface area contributed by atoms with Crippen molar-refractivity contribution in [1.82, 2.24) is 14.9 Å². The zero-order valence-corrected chi connectivity index (χ0v) is 9.25. The van der Waals surface area contributed by atoms with Crippen molar-refractivity contribution in [2.75, 3.05) is 31.7 Å². The van der Waals surface area contributed by atoms with Crippen molar-refractivity contribution in [2.24, 2.45) is 0 Å². The molecule has 82 valence electrons. The van der Waals surface area contributed by atoms with Crippen LogP contribution in [0.3, 0.4) is 0 Å².